The molecular weight excluding hydrogens is 350 g/mol. The third-order valence-electron chi connectivity index (χ3n) is 3.70. The fourth-order valence-electron chi connectivity index (χ4n) is 2.27. The first-order valence-corrected chi connectivity index (χ1v) is 8.14. The number of anilines is 1. The number of nitrogens with two attached hydrogens (primary N) is 1. The van der Waals surface area contributed by atoms with Gasteiger partial charge in [0.2, 0.25) is 11.8 Å². The van der Waals surface area contributed by atoms with Crippen molar-refractivity contribution in [2.24, 2.45) is 5.73 Å². The average molecular weight is 371 g/mol. The molecule has 0 atom stereocenters. The molecule has 2 aromatic rings. The predicted molar refractivity (Wildman–Crippen MR) is 100 cm³/mol. The van der Waals surface area contributed by atoms with Gasteiger partial charge in [-0.1, -0.05) is 0 Å². The monoisotopic (exact) mass is 371 g/mol. The smallest absolute Gasteiger partial charge is 0.251 e. The highest BCUT2D eigenvalue weighted by molar-refractivity contribution is 5.96. The second kappa shape index (κ2) is 9.23. The van der Waals surface area contributed by atoms with Gasteiger partial charge < -0.3 is 25.8 Å². The number of hydrogen-bond donors (Lipinski definition) is 3. The predicted octanol–water partition coefficient (Wildman–Crippen LogP) is 1.56. The summed E-state index contributed by atoms with van der Waals surface area (Å²) in [6, 6.07) is 11.0. The van der Waals surface area contributed by atoms with E-state index in [1.165, 1.54) is 26.4 Å². The number of nitrogens with one attached hydrogen (secondary N) is 2. The van der Waals surface area contributed by atoms with Crippen molar-refractivity contribution >= 4 is 23.4 Å². The molecule has 0 aliphatic heterocycles. The van der Waals surface area contributed by atoms with Gasteiger partial charge in [0.25, 0.3) is 5.91 Å². The molecule has 0 bridgehead atoms. The fourth-order valence-corrected chi connectivity index (χ4v) is 2.27. The minimum atomic E-state index is -0.537. The van der Waals surface area contributed by atoms with Crippen LogP contribution in [0, 0.1) is 0 Å². The summed E-state index contributed by atoms with van der Waals surface area (Å²) in [6.45, 7) is 0.156. The molecule has 8 heteroatoms. The number of amides is 3. The number of primary amides is 1. The molecular formula is C19H21N3O5. The molecule has 0 saturated heterocycles. The summed E-state index contributed by atoms with van der Waals surface area (Å²) >= 11 is 0. The van der Waals surface area contributed by atoms with Gasteiger partial charge >= 0.3 is 0 Å². The molecule has 8 nitrogen and oxygen atoms in total. The highest BCUT2D eigenvalue weighted by Gasteiger charge is 2.11. The first-order valence-electron chi connectivity index (χ1n) is 8.14. The summed E-state index contributed by atoms with van der Waals surface area (Å²) in [5.41, 5.74) is 6.42. The first-order chi connectivity index (χ1) is 12.9. The van der Waals surface area contributed by atoms with Gasteiger partial charge in [-0.2, -0.15) is 0 Å². The molecule has 0 heterocycles. The van der Waals surface area contributed by atoms with E-state index < -0.39 is 5.91 Å². The normalized spacial score (nSPS) is 10.0. The molecule has 4 N–H and O–H groups in total. The van der Waals surface area contributed by atoms with Crippen LogP contribution in [0.1, 0.15) is 27.1 Å². The summed E-state index contributed by atoms with van der Waals surface area (Å²) in [7, 11) is 2.99. The zero-order chi connectivity index (χ0) is 19.8. The van der Waals surface area contributed by atoms with Crippen LogP contribution in [0.4, 0.5) is 5.69 Å². The molecule has 2 rings (SSSR count). The number of hydrogen-bond acceptors (Lipinski definition) is 5. The molecule has 2 aromatic carbocycles. The van der Waals surface area contributed by atoms with Gasteiger partial charge in [0, 0.05) is 35.8 Å². The van der Waals surface area contributed by atoms with Crippen LogP contribution in [-0.2, 0) is 4.79 Å². The highest BCUT2D eigenvalue weighted by atomic mass is 16.5. The van der Waals surface area contributed by atoms with Gasteiger partial charge in [0.15, 0.2) is 0 Å². The maximum absolute atomic E-state index is 12.2. The van der Waals surface area contributed by atoms with Gasteiger partial charge in [0.1, 0.15) is 11.5 Å². The van der Waals surface area contributed by atoms with Crippen LogP contribution in [0.2, 0.25) is 0 Å². The second-order valence-corrected chi connectivity index (χ2v) is 5.60. The van der Waals surface area contributed by atoms with Crippen molar-refractivity contribution in [2.45, 2.75) is 6.42 Å². The van der Waals surface area contributed by atoms with Crippen molar-refractivity contribution in [1.82, 2.24) is 5.32 Å². The summed E-state index contributed by atoms with van der Waals surface area (Å²) in [6.07, 6.45) is 0.0877. The lowest BCUT2D eigenvalue weighted by molar-refractivity contribution is -0.116. The maximum atomic E-state index is 12.2. The van der Waals surface area contributed by atoms with E-state index in [4.69, 9.17) is 15.2 Å². The Morgan fingerprint density at radius 2 is 1.52 bits per heavy atom. The number of ether oxygens (including phenoxy) is 2. The Labute approximate surface area is 156 Å². The first kappa shape index (κ1) is 19.8. The zero-order valence-corrected chi connectivity index (χ0v) is 15.1. The van der Waals surface area contributed by atoms with E-state index in [0.29, 0.717) is 28.3 Å². The van der Waals surface area contributed by atoms with E-state index in [0.717, 1.165) is 0 Å². The Hall–Kier alpha value is -3.55. The Bertz CT molecular complexity index is 811. The van der Waals surface area contributed by atoms with Crippen LogP contribution in [0.5, 0.6) is 11.5 Å². The van der Waals surface area contributed by atoms with Gasteiger partial charge in [-0.25, -0.2) is 0 Å². The van der Waals surface area contributed by atoms with Gasteiger partial charge in [-0.3, -0.25) is 14.4 Å². The van der Waals surface area contributed by atoms with Crippen molar-refractivity contribution in [3.8, 4) is 11.5 Å². The fraction of sp³-hybridized carbons (Fsp3) is 0.211. The summed E-state index contributed by atoms with van der Waals surface area (Å²) in [5.74, 6) is -0.158. The number of benzene rings is 2. The lowest BCUT2D eigenvalue weighted by Crippen LogP contribution is -2.27. The lowest BCUT2D eigenvalue weighted by Gasteiger charge is -2.09. The summed E-state index contributed by atoms with van der Waals surface area (Å²) in [5, 5.41) is 5.35. The van der Waals surface area contributed by atoms with E-state index in [-0.39, 0.29) is 24.8 Å². The second-order valence-electron chi connectivity index (χ2n) is 5.60. The van der Waals surface area contributed by atoms with Crippen molar-refractivity contribution in [3.05, 3.63) is 53.6 Å². The van der Waals surface area contributed by atoms with E-state index in [1.54, 1.807) is 30.3 Å². The standard InChI is InChI=1S/C19H21N3O5/c1-26-15-9-13(10-16(11-15)27-2)19(25)21-8-7-17(23)22-14-5-3-12(4-6-14)18(20)24/h3-6,9-11H,7-8H2,1-2H3,(H2,20,24)(H,21,25)(H,22,23). The van der Waals surface area contributed by atoms with Crippen LogP contribution in [-0.4, -0.2) is 38.5 Å². The number of carbonyl (C=O) groups is 3. The molecule has 27 heavy (non-hydrogen) atoms. The van der Waals surface area contributed by atoms with E-state index in [9.17, 15) is 14.4 Å². The molecule has 0 fully saturated rings. The van der Waals surface area contributed by atoms with E-state index >= 15 is 0 Å². The van der Waals surface area contributed by atoms with Crippen LogP contribution in [0.15, 0.2) is 42.5 Å². The van der Waals surface area contributed by atoms with Crippen molar-refractivity contribution in [1.29, 1.82) is 0 Å². The molecule has 0 aliphatic carbocycles. The molecule has 0 spiro atoms. The highest BCUT2D eigenvalue weighted by Crippen LogP contribution is 2.22. The third kappa shape index (κ3) is 5.74. The van der Waals surface area contributed by atoms with Gasteiger partial charge in [-0.15, -0.1) is 0 Å². The van der Waals surface area contributed by atoms with Crippen molar-refractivity contribution in [3.63, 3.8) is 0 Å². The van der Waals surface area contributed by atoms with Crippen LogP contribution < -0.4 is 25.8 Å². The van der Waals surface area contributed by atoms with Crippen molar-refractivity contribution in [2.75, 3.05) is 26.1 Å². The molecule has 0 unspecified atom stereocenters. The van der Waals surface area contributed by atoms with Crippen molar-refractivity contribution < 1.29 is 23.9 Å². The third-order valence-corrected chi connectivity index (χ3v) is 3.70. The SMILES string of the molecule is COc1cc(OC)cc(C(=O)NCCC(=O)Nc2ccc(C(N)=O)cc2)c1. The number of rotatable bonds is 8. The Balaban J connectivity index is 1.85. The van der Waals surface area contributed by atoms with Crippen LogP contribution >= 0.6 is 0 Å². The maximum Gasteiger partial charge on any atom is 0.251 e. The van der Waals surface area contributed by atoms with Gasteiger partial charge in [-0.05, 0) is 36.4 Å². The lowest BCUT2D eigenvalue weighted by atomic mass is 10.2. The van der Waals surface area contributed by atoms with E-state index in [2.05, 4.69) is 10.6 Å². The zero-order valence-electron chi connectivity index (χ0n) is 15.1. The minimum Gasteiger partial charge on any atom is -0.497 e. The molecule has 142 valence electrons. The number of carbonyl (C=O) groups excluding carboxylic acids is 3. The Morgan fingerprint density at radius 3 is 2.04 bits per heavy atom. The van der Waals surface area contributed by atoms with Crippen LogP contribution in [0.25, 0.3) is 0 Å². The number of methoxy groups -OCH3 is 2. The Morgan fingerprint density at radius 1 is 0.926 bits per heavy atom. The largest absolute Gasteiger partial charge is 0.497 e. The van der Waals surface area contributed by atoms with Gasteiger partial charge in [0.05, 0.1) is 14.2 Å². The topological polar surface area (TPSA) is 120 Å². The molecule has 0 aromatic heterocycles. The molecule has 0 aliphatic rings. The summed E-state index contributed by atoms with van der Waals surface area (Å²) in [4.78, 5) is 35.2. The molecule has 0 radical (unpaired) electrons. The minimum absolute atomic E-state index is 0.0877. The molecule has 3 amide bonds. The Kier molecular flexibility index (Phi) is 6.76. The quantitative estimate of drug-likeness (QED) is 0.650. The van der Waals surface area contributed by atoms with Crippen LogP contribution in [0.3, 0.4) is 0 Å². The molecule has 0 saturated carbocycles. The summed E-state index contributed by atoms with van der Waals surface area (Å²) < 4.78 is 10.3. The van der Waals surface area contributed by atoms with E-state index in [1.807, 2.05) is 0 Å². The average Bonchev–Trinajstić information content (AvgIpc) is 2.67.